The fourth-order valence-corrected chi connectivity index (χ4v) is 3.84. The summed E-state index contributed by atoms with van der Waals surface area (Å²) in [5.41, 5.74) is 1.82. The van der Waals surface area contributed by atoms with Gasteiger partial charge >= 0.3 is 5.97 Å². The van der Waals surface area contributed by atoms with Crippen molar-refractivity contribution in [1.29, 1.82) is 0 Å². The van der Waals surface area contributed by atoms with E-state index in [0.717, 1.165) is 38.5 Å². The molecule has 0 heterocycles. The number of ether oxygens (including phenoxy) is 1. The van der Waals surface area contributed by atoms with E-state index in [0.29, 0.717) is 17.5 Å². The van der Waals surface area contributed by atoms with Crippen LogP contribution < -0.4 is 4.74 Å². The molecule has 4 heteroatoms. The standard InChI is InChI=1S/C28H38F2O2/c1-3-5-7-9-10-11-12-14-22-16-18-24(19-17-22)28(31)32-25-21-20-23(26(29)27(25)30)15-13-8-6-4-2/h16-21H,3-15H2,1-2H3. The van der Waals surface area contributed by atoms with Crippen LogP contribution in [0.15, 0.2) is 36.4 Å². The number of rotatable bonds is 15. The van der Waals surface area contributed by atoms with Crippen LogP contribution in [0.5, 0.6) is 5.75 Å². The van der Waals surface area contributed by atoms with Gasteiger partial charge in [0.25, 0.3) is 0 Å². The van der Waals surface area contributed by atoms with Gasteiger partial charge in [0.2, 0.25) is 5.82 Å². The first-order chi connectivity index (χ1) is 15.6. The van der Waals surface area contributed by atoms with Gasteiger partial charge in [0.05, 0.1) is 5.56 Å². The van der Waals surface area contributed by atoms with E-state index in [1.807, 2.05) is 12.1 Å². The first-order valence-corrected chi connectivity index (χ1v) is 12.3. The van der Waals surface area contributed by atoms with E-state index in [-0.39, 0.29) is 5.75 Å². The summed E-state index contributed by atoms with van der Waals surface area (Å²) in [5, 5.41) is 0. The minimum Gasteiger partial charge on any atom is -0.420 e. The van der Waals surface area contributed by atoms with Crippen molar-refractivity contribution in [2.75, 3.05) is 0 Å². The number of esters is 1. The van der Waals surface area contributed by atoms with E-state index in [2.05, 4.69) is 13.8 Å². The highest BCUT2D eigenvalue weighted by molar-refractivity contribution is 5.91. The Hall–Kier alpha value is -2.23. The van der Waals surface area contributed by atoms with Gasteiger partial charge in [-0.3, -0.25) is 0 Å². The molecule has 2 aromatic rings. The van der Waals surface area contributed by atoms with Crippen molar-refractivity contribution in [1.82, 2.24) is 0 Å². The Morgan fingerprint density at radius 3 is 1.91 bits per heavy atom. The molecule has 0 amide bonds. The summed E-state index contributed by atoms with van der Waals surface area (Å²) in [5.74, 6) is -3.06. The van der Waals surface area contributed by atoms with Gasteiger partial charge in [-0.2, -0.15) is 4.39 Å². The van der Waals surface area contributed by atoms with Crippen molar-refractivity contribution >= 4 is 5.97 Å². The summed E-state index contributed by atoms with van der Waals surface area (Å²) in [6, 6.07) is 10.1. The lowest BCUT2D eigenvalue weighted by atomic mass is 10.0. The summed E-state index contributed by atoms with van der Waals surface area (Å²) in [4.78, 5) is 12.4. The van der Waals surface area contributed by atoms with Crippen molar-refractivity contribution in [2.24, 2.45) is 0 Å². The Morgan fingerprint density at radius 2 is 1.25 bits per heavy atom. The zero-order valence-corrected chi connectivity index (χ0v) is 19.7. The third-order valence-corrected chi connectivity index (χ3v) is 5.89. The van der Waals surface area contributed by atoms with Crippen molar-refractivity contribution in [3.05, 3.63) is 64.7 Å². The maximum absolute atomic E-state index is 14.4. The summed E-state index contributed by atoms with van der Waals surface area (Å²) >= 11 is 0. The van der Waals surface area contributed by atoms with Gasteiger partial charge < -0.3 is 4.74 Å². The Balaban J connectivity index is 1.83. The highest BCUT2D eigenvalue weighted by Crippen LogP contribution is 2.25. The normalized spacial score (nSPS) is 11.0. The smallest absolute Gasteiger partial charge is 0.343 e. The van der Waals surface area contributed by atoms with Gasteiger partial charge in [0, 0.05) is 0 Å². The lowest BCUT2D eigenvalue weighted by molar-refractivity contribution is 0.0726. The molecule has 2 aromatic carbocycles. The van der Waals surface area contributed by atoms with Crippen LogP contribution in [0.1, 0.15) is 106 Å². The molecule has 0 saturated carbocycles. The molecule has 0 fully saturated rings. The van der Waals surface area contributed by atoms with Crippen LogP contribution in [0.25, 0.3) is 0 Å². The average molecular weight is 445 g/mol. The van der Waals surface area contributed by atoms with Crippen LogP contribution in [-0.2, 0) is 12.8 Å². The molecule has 176 valence electrons. The maximum atomic E-state index is 14.4. The third-order valence-electron chi connectivity index (χ3n) is 5.89. The molecular formula is C28H38F2O2. The molecule has 32 heavy (non-hydrogen) atoms. The predicted molar refractivity (Wildman–Crippen MR) is 127 cm³/mol. The number of hydrogen-bond donors (Lipinski definition) is 0. The zero-order chi connectivity index (χ0) is 23.2. The van der Waals surface area contributed by atoms with Gasteiger partial charge in [-0.25, -0.2) is 9.18 Å². The molecule has 0 spiro atoms. The molecule has 0 aliphatic heterocycles. The van der Waals surface area contributed by atoms with E-state index in [4.69, 9.17) is 4.74 Å². The Bertz CT molecular complexity index is 815. The molecule has 0 aromatic heterocycles. The fourth-order valence-electron chi connectivity index (χ4n) is 3.84. The first kappa shape index (κ1) is 26.0. The van der Waals surface area contributed by atoms with Crippen LogP contribution in [0.2, 0.25) is 0 Å². The van der Waals surface area contributed by atoms with Crippen LogP contribution in [0.4, 0.5) is 8.78 Å². The van der Waals surface area contributed by atoms with E-state index < -0.39 is 17.6 Å². The quantitative estimate of drug-likeness (QED) is 0.156. The molecule has 2 rings (SSSR count). The Kier molecular flexibility index (Phi) is 12.0. The predicted octanol–water partition coefficient (Wildman–Crippen LogP) is 8.60. The lowest BCUT2D eigenvalue weighted by Gasteiger charge is -2.10. The van der Waals surface area contributed by atoms with Crippen molar-refractivity contribution in [3.8, 4) is 5.75 Å². The van der Waals surface area contributed by atoms with Gasteiger partial charge in [-0.05, 0) is 55.0 Å². The number of aryl methyl sites for hydroxylation is 2. The third kappa shape index (κ3) is 8.72. The van der Waals surface area contributed by atoms with E-state index in [1.165, 1.54) is 56.2 Å². The van der Waals surface area contributed by atoms with Crippen molar-refractivity contribution < 1.29 is 18.3 Å². The topological polar surface area (TPSA) is 26.3 Å². The largest absolute Gasteiger partial charge is 0.420 e. The number of carbonyl (C=O) groups excluding carboxylic acids is 1. The van der Waals surface area contributed by atoms with E-state index >= 15 is 0 Å². The molecule has 0 aliphatic carbocycles. The fraction of sp³-hybridized carbons (Fsp3) is 0.536. The summed E-state index contributed by atoms with van der Waals surface area (Å²) < 4.78 is 33.9. The monoisotopic (exact) mass is 444 g/mol. The maximum Gasteiger partial charge on any atom is 0.343 e. The SMILES string of the molecule is CCCCCCCCCc1ccc(C(=O)Oc2ccc(CCCCCC)c(F)c2F)cc1. The van der Waals surface area contributed by atoms with Gasteiger partial charge in [0.1, 0.15) is 0 Å². The summed E-state index contributed by atoms with van der Waals surface area (Å²) in [7, 11) is 0. The summed E-state index contributed by atoms with van der Waals surface area (Å²) in [6.45, 7) is 4.33. The van der Waals surface area contributed by atoms with Crippen LogP contribution in [0.3, 0.4) is 0 Å². The number of benzene rings is 2. The second kappa shape index (κ2) is 14.8. The number of carbonyl (C=O) groups is 1. The molecule has 0 bridgehead atoms. The van der Waals surface area contributed by atoms with Gasteiger partial charge in [-0.15, -0.1) is 0 Å². The van der Waals surface area contributed by atoms with Crippen LogP contribution >= 0.6 is 0 Å². The highest BCUT2D eigenvalue weighted by Gasteiger charge is 2.18. The highest BCUT2D eigenvalue weighted by atomic mass is 19.2. The van der Waals surface area contributed by atoms with E-state index in [9.17, 15) is 13.6 Å². The second-order valence-electron chi connectivity index (χ2n) is 8.62. The second-order valence-corrected chi connectivity index (χ2v) is 8.62. The minimum absolute atomic E-state index is 0.327. The molecule has 0 N–H and O–H groups in total. The van der Waals surface area contributed by atoms with Crippen molar-refractivity contribution in [2.45, 2.75) is 97.3 Å². The Labute approximate surface area is 192 Å². The first-order valence-electron chi connectivity index (χ1n) is 12.3. The van der Waals surface area contributed by atoms with Gasteiger partial charge in [0.15, 0.2) is 11.6 Å². The molecule has 0 radical (unpaired) electrons. The molecule has 0 aliphatic rings. The summed E-state index contributed by atoms with van der Waals surface area (Å²) in [6.07, 6.45) is 14.2. The molecule has 0 unspecified atom stereocenters. The molecule has 0 atom stereocenters. The minimum atomic E-state index is -1.10. The van der Waals surface area contributed by atoms with Crippen LogP contribution in [-0.4, -0.2) is 5.97 Å². The number of hydrogen-bond acceptors (Lipinski definition) is 2. The molecular weight excluding hydrogens is 406 g/mol. The Morgan fingerprint density at radius 1 is 0.688 bits per heavy atom. The van der Waals surface area contributed by atoms with Gasteiger partial charge in [-0.1, -0.05) is 89.8 Å². The van der Waals surface area contributed by atoms with Crippen molar-refractivity contribution in [3.63, 3.8) is 0 Å². The number of halogens is 2. The zero-order valence-electron chi connectivity index (χ0n) is 19.7. The molecule has 2 nitrogen and oxygen atoms in total. The lowest BCUT2D eigenvalue weighted by Crippen LogP contribution is -2.11. The number of unbranched alkanes of at least 4 members (excludes halogenated alkanes) is 9. The van der Waals surface area contributed by atoms with E-state index in [1.54, 1.807) is 12.1 Å². The average Bonchev–Trinajstić information content (AvgIpc) is 2.80. The molecule has 0 saturated heterocycles. The van der Waals surface area contributed by atoms with Crippen LogP contribution in [0, 0.1) is 11.6 Å².